The van der Waals surface area contributed by atoms with Crippen LogP contribution in [0.25, 0.3) is 16.5 Å². The molecule has 8 heteroatoms. The van der Waals surface area contributed by atoms with E-state index in [1.165, 1.54) is 5.57 Å². The van der Waals surface area contributed by atoms with Gasteiger partial charge in [-0.2, -0.15) is 5.10 Å². The van der Waals surface area contributed by atoms with Crippen molar-refractivity contribution in [3.8, 4) is 5.75 Å². The molecule has 1 aliphatic rings. The second-order valence-electron chi connectivity index (χ2n) is 7.09. The third-order valence-corrected chi connectivity index (χ3v) is 4.81. The number of anilines is 1. The molecule has 1 unspecified atom stereocenters. The van der Waals surface area contributed by atoms with Crippen molar-refractivity contribution in [2.24, 2.45) is 7.05 Å². The largest absolute Gasteiger partial charge is 0.493 e. The molecule has 0 bridgehead atoms. The number of fused-ring (bicyclic) bond motifs is 1. The highest BCUT2D eigenvalue weighted by Gasteiger charge is 2.17. The highest BCUT2D eigenvalue weighted by atomic mass is 16.5. The second kappa shape index (κ2) is 8.00. The lowest BCUT2D eigenvalue weighted by atomic mass is 10.0. The van der Waals surface area contributed by atoms with Crippen molar-refractivity contribution in [3.05, 3.63) is 47.8 Å². The molecule has 29 heavy (non-hydrogen) atoms. The van der Waals surface area contributed by atoms with Gasteiger partial charge in [-0.25, -0.2) is 0 Å². The zero-order valence-electron chi connectivity index (χ0n) is 16.8. The van der Waals surface area contributed by atoms with Crippen molar-refractivity contribution in [2.75, 3.05) is 18.5 Å². The lowest BCUT2D eigenvalue weighted by molar-refractivity contribution is 0.102. The average molecular weight is 392 g/mol. The highest BCUT2D eigenvalue weighted by Crippen LogP contribution is 2.26. The minimum atomic E-state index is -0.295. The monoisotopic (exact) mass is 392 g/mol. The maximum Gasteiger partial charge on any atom is 0.260 e. The molecule has 0 spiro atoms. The van der Waals surface area contributed by atoms with Gasteiger partial charge in [-0.1, -0.05) is 6.08 Å². The van der Waals surface area contributed by atoms with Crippen LogP contribution in [0, 0.1) is 0 Å². The van der Waals surface area contributed by atoms with E-state index >= 15 is 0 Å². The summed E-state index contributed by atoms with van der Waals surface area (Å²) in [6, 6.07) is 7.55. The Labute approximate surface area is 169 Å². The zero-order chi connectivity index (χ0) is 20.4. The molecule has 3 heterocycles. The number of aryl methyl sites for hydroxylation is 1. The summed E-state index contributed by atoms with van der Waals surface area (Å²) in [5.74, 6) is 0.598. The number of carbonyl (C=O) groups excluding carboxylic acids is 1. The summed E-state index contributed by atoms with van der Waals surface area (Å²) in [5.41, 5.74) is 3.22. The van der Waals surface area contributed by atoms with E-state index in [4.69, 9.17) is 4.74 Å². The van der Waals surface area contributed by atoms with Crippen molar-refractivity contribution >= 4 is 28.2 Å². The van der Waals surface area contributed by atoms with Gasteiger partial charge in [-0.05, 0) is 50.6 Å². The summed E-state index contributed by atoms with van der Waals surface area (Å²) in [4.78, 5) is 12.9. The predicted molar refractivity (Wildman–Crippen MR) is 112 cm³/mol. The first-order valence-corrected chi connectivity index (χ1v) is 9.73. The molecular weight excluding hydrogens is 368 g/mol. The van der Waals surface area contributed by atoms with E-state index in [0.29, 0.717) is 29.8 Å². The minimum Gasteiger partial charge on any atom is -0.493 e. The molecular formula is C21H24N6O2. The topological polar surface area (TPSA) is 94.0 Å². The molecule has 1 aliphatic heterocycles. The molecule has 150 valence electrons. The number of ether oxygens (including phenoxy) is 1. The number of nitrogens with one attached hydrogen (secondary N) is 2. The normalized spacial score (nSPS) is 16.5. The Morgan fingerprint density at radius 1 is 1.34 bits per heavy atom. The third-order valence-electron chi connectivity index (χ3n) is 4.81. The summed E-state index contributed by atoms with van der Waals surface area (Å²) >= 11 is 0. The molecule has 3 aromatic rings. The average Bonchev–Trinajstić information content (AvgIpc) is 3.07. The van der Waals surface area contributed by atoms with Gasteiger partial charge in [-0.15, -0.1) is 10.2 Å². The standard InChI is InChI=1S/C21H24N6O2/c1-4-29-19-11-18-15(12-27(3)26-18)10-16(19)21(28)23-20-6-5-17(24-25-20)14-7-8-22-13(2)9-14/h5-6,9-13,22H,4,7-8H2,1-3H3,(H,23,25,28). The molecule has 0 fully saturated rings. The van der Waals surface area contributed by atoms with Crippen LogP contribution in [0.1, 0.15) is 36.3 Å². The van der Waals surface area contributed by atoms with Crippen LogP contribution in [0.3, 0.4) is 0 Å². The Bertz CT molecular complexity index is 1070. The summed E-state index contributed by atoms with van der Waals surface area (Å²) in [5, 5.41) is 19.9. The smallest absolute Gasteiger partial charge is 0.260 e. The maximum atomic E-state index is 12.9. The fraction of sp³-hybridized carbons (Fsp3) is 0.333. The minimum absolute atomic E-state index is 0.295. The molecule has 0 saturated carbocycles. The molecule has 0 aliphatic carbocycles. The summed E-state index contributed by atoms with van der Waals surface area (Å²) in [7, 11) is 1.84. The van der Waals surface area contributed by atoms with Gasteiger partial charge in [0.25, 0.3) is 5.91 Å². The molecule has 1 aromatic carbocycles. The first-order chi connectivity index (χ1) is 14.0. The van der Waals surface area contributed by atoms with Crippen LogP contribution < -0.4 is 15.4 Å². The van der Waals surface area contributed by atoms with Gasteiger partial charge >= 0.3 is 0 Å². The summed E-state index contributed by atoms with van der Waals surface area (Å²) in [6.45, 7) is 5.36. The van der Waals surface area contributed by atoms with Crippen molar-refractivity contribution in [1.29, 1.82) is 0 Å². The fourth-order valence-corrected chi connectivity index (χ4v) is 3.47. The van der Waals surface area contributed by atoms with E-state index in [9.17, 15) is 4.79 Å². The van der Waals surface area contributed by atoms with Gasteiger partial charge in [0.1, 0.15) is 5.75 Å². The number of hydrogen-bond acceptors (Lipinski definition) is 6. The molecule has 4 rings (SSSR count). The lowest BCUT2D eigenvalue weighted by Gasteiger charge is -2.18. The van der Waals surface area contributed by atoms with Gasteiger partial charge < -0.3 is 15.4 Å². The van der Waals surface area contributed by atoms with Crippen LogP contribution in [0.2, 0.25) is 0 Å². The first-order valence-electron chi connectivity index (χ1n) is 9.73. The Morgan fingerprint density at radius 3 is 2.93 bits per heavy atom. The zero-order valence-corrected chi connectivity index (χ0v) is 16.8. The second-order valence-corrected chi connectivity index (χ2v) is 7.09. The van der Waals surface area contributed by atoms with E-state index in [2.05, 4.69) is 38.9 Å². The van der Waals surface area contributed by atoms with E-state index in [1.807, 2.05) is 26.2 Å². The Kier molecular flexibility index (Phi) is 5.26. The van der Waals surface area contributed by atoms with Crippen molar-refractivity contribution in [2.45, 2.75) is 26.3 Å². The number of benzene rings is 1. The van der Waals surface area contributed by atoms with Crippen LogP contribution in [-0.2, 0) is 7.05 Å². The van der Waals surface area contributed by atoms with Gasteiger partial charge in [0.05, 0.1) is 23.4 Å². The van der Waals surface area contributed by atoms with Crippen LogP contribution >= 0.6 is 0 Å². The van der Waals surface area contributed by atoms with E-state index in [1.54, 1.807) is 22.9 Å². The number of carbonyl (C=O) groups is 1. The molecule has 0 saturated heterocycles. The first kappa shape index (κ1) is 19.1. The van der Waals surface area contributed by atoms with Crippen LogP contribution in [0.15, 0.2) is 36.5 Å². The van der Waals surface area contributed by atoms with E-state index < -0.39 is 0 Å². The predicted octanol–water partition coefficient (Wildman–Crippen LogP) is 2.78. The SMILES string of the molecule is CCOc1cc2nn(C)cc2cc1C(=O)Nc1ccc(C2=CC(C)NCC2)nn1. The number of aromatic nitrogens is 4. The van der Waals surface area contributed by atoms with Crippen molar-refractivity contribution in [1.82, 2.24) is 25.3 Å². The lowest BCUT2D eigenvalue weighted by Crippen LogP contribution is -2.29. The highest BCUT2D eigenvalue weighted by molar-refractivity contribution is 6.08. The van der Waals surface area contributed by atoms with Crippen molar-refractivity contribution in [3.63, 3.8) is 0 Å². The van der Waals surface area contributed by atoms with Crippen LogP contribution in [0.4, 0.5) is 5.82 Å². The van der Waals surface area contributed by atoms with Gasteiger partial charge in [0, 0.05) is 30.7 Å². The van der Waals surface area contributed by atoms with Gasteiger partial charge in [0.15, 0.2) is 5.82 Å². The number of nitrogens with zero attached hydrogens (tertiary/aromatic N) is 4. The summed E-state index contributed by atoms with van der Waals surface area (Å²) < 4.78 is 7.37. The molecule has 2 aromatic heterocycles. The third kappa shape index (κ3) is 4.12. The number of hydrogen-bond donors (Lipinski definition) is 2. The molecule has 1 atom stereocenters. The molecule has 1 amide bonds. The quantitative estimate of drug-likeness (QED) is 0.693. The van der Waals surface area contributed by atoms with Gasteiger partial charge in [-0.3, -0.25) is 9.48 Å². The number of amides is 1. The Hall–Kier alpha value is -3.26. The Morgan fingerprint density at radius 2 is 2.21 bits per heavy atom. The molecule has 2 N–H and O–H groups in total. The Balaban J connectivity index is 1.56. The van der Waals surface area contributed by atoms with E-state index in [0.717, 1.165) is 29.6 Å². The molecule has 8 nitrogen and oxygen atoms in total. The van der Waals surface area contributed by atoms with Crippen molar-refractivity contribution < 1.29 is 9.53 Å². The van der Waals surface area contributed by atoms with Crippen LogP contribution in [-0.4, -0.2) is 45.1 Å². The van der Waals surface area contributed by atoms with E-state index in [-0.39, 0.29) is 5.91 Å². The maximum absolute atomic E-state index is 12.9. The summed E-state index contributed by atoms with van der Waals surface area (Å²) in [6.07, 6.45) is 4.93. The van der Waals surface area contributed by atoms with Crippen LogP contribution in [0.5, 0.6) is 5.75 Å². The van der Waals surface area contributed by atoms with Gasteiger partial charge in [0.2, 0.25) is 0 Å². The fourth-order valence-electron chi connectivity index (χ4n) is 3.47. The molecule has 0 radical (unpaired) electrons. The number of rotatable bonds is 5.